The Morgan fingerprint density at radius 2 is 1.91 bits per heavy atom. The average Bonchev–Trinajstić information content (AvgIpc) is 3.07. The zero-order chi connectivity index (χ0) is 23.8. The first-order chi connectivity index (χ1) is 16.0. The van der Waals surface area contributed by atoms with Gasteiger partial charge in [-0.15, -0.1) is 0 Å². The number of thioether (sulfide) groups is 1. The molecule has 1 atom stereocenters. The maximum absolute atomic E-state index is 12.3. The maximum atomic E-state index is 12.3. The SMILES string of the molecule is CCc1c(C#N)c(S[C@H](C(N)=O)c2ccccc2)nc(N2CCCN(CCO)CC2)c1C#N. The molecule has 9 heteroatoms. The van der Waals surface area contributed by atoms with E-state index in [9.17, 15) is 20.4 Å². The molecule has 0 unspecified atom stereocenters. The number of nitrogens with zero attached hydrogens (tertiary/aromatic N) is 5. The number of β-amino-alcohol motifs (C(OH)–C–C–N with tert-alkyl or cyclic N) is 1. The summed E-state index contributed by atoms with van der Waals surface area (Å²) in [6.45, 7) is 5.58. The van der Waals surface area contributed by atoms with E-state index in [2.05, 4.69) is 21.9 Å². The molecule has 33 heavy (non-hydrogen) atoms. The van der Waals surface area contributed by atoms with Gasteiger partial charge in [-0.3, -0.25) is 9.69 Å². The number of carbonyl (C=O) groups is 1. The highest BCUT2D eigenvalue weighted by Crippen LogP contribution is 2.39. The number of anilines is 1. The molecule has 0 radical (unpaired) electrons. The highest BCUT2D eigenvalue weighted by Gasteiger charge is 2.28. The number of carbonyl (C=O) groups excluding carboxylic acids is 1. The van der Waals surface area contributed by atoms with Gasteiger partial charge in [0.25, 0.3) is 0 Å². The minimum atomic E-state index is -0.708. The number of hydrogen-bond donors (Lipinski definition) is 2. The van der Waals surface area contributed by atoms with Gasteiger partial charge in [0, 0.05) is 26.2 Å². The van der Waals surface area contributed by atoms with Crippen LogP contribution in [0.5, 0.6) is 0 Å². The van der Waals surface area contributed by atoms with Crippen LogP contribution in [0.2, 0.25) is 0 Å². The van der Waals surface area contributed by atoms with Crippen molar-refractivity contribution >= 4 is 23.5 Å². The third-order valence-corrected chi connectivity index (χ3v) is 6.98. The summed E-state index contributed by atoms with van der Waals surface area (Å²) in [5.41, 5.74) is 7.82. The highest BCUT2D eigenvalue weighted by atomic mass is 32.2. The van der Waals surface area contributed by atoms with Crippen LogP contribution in [0.25, 0.3) is 0 Å². The van der Waals surface area contributed by atoms with E-state index in [0.717, 1.165) is 36.8 Å². The van der Waals surface area contributed by atoms with Gasteiger partial charge in [0.15, 0.2) is 0 Å². The third kappa shape index (κ3) is 5.63. The molecule has 1 aliphatic rings. The van der Waals surface area contributed by atoms with Crippen molar-refractivity contribution in [2.45, 2.75) is 30.0 Å². The van der Waals surface area contributed by atoms with Gasteiger partial charge in [0.1, 0.15) is 28.2 Å². The van der Waals surface area contributed by atoms with Crippen molar-refractivity contribution in [3.8, 4) is 12.1 Å². The number of nitrogens with two attached hydrogens (primary N) is 1. The van der Waals surface area contributed by atoms with Gasteiger partial charge >= 0.3 is 0 Å². The fourth-order valence-corrected chi connectivity index (χ4v) is 5.13. The molecular weight excluding hydrogens is 436 g/mol. The molecule has 1 amide bonds. The molecule has 2 aromatic rings. The van der Waals surface area contributed by atoms with Gasteiger partial charge in [-0.25, -0.2) is 4.98 Å². The average molecular weight is 465 g/mol. The maximum Gasteiger partial charge on any atom is 0.235 e. The molecule has 1 aromatic carbocycles. The van der Waals surface area contributed by atoms with Gasteiger partial charge in [0.2, 0.25) is 5.91 Å². The topological polar surface area (TPSA) is 130 Å². The number of aliphatic hydroxyl groups is 1. The summed E-state index contributed by atoms with van der Waals surface area (Å²) in [5, 5.41) is 28.9. The molecule has 1 fully saturated rings. The monoisotopic (exact) mass is 464 g/mol. The van der Waals surface area contributed by atoms with E-state index >= 15 is 0 Å². The largest absolute Gasteiger partial charge is 0.395 e. The van der Waals surface area contributed by atoms with E-state index in [1.54, 1.807) is 0 Å². The van der Waals surface area contributed by atoms with Crippen LogP contribution in [0, 0.1) is 22.7 Å². The molecule has 0 saturated carbocycles. The zero-order valence-electron chi connectivity index (χ0n) is 18.7. The Bertz CT molecular complexity index is 1060. The number of rotatable bonds is 8. The standard InChI is InChI=1S/C24H28N6O2S/c1-2-18-19(15-25)23(30-10-6-9-29(11-12-30)13-14-31)28-24(20(18)16-26)33-21(22(27)32)17-7-4-3-5-8-17/h3-5,7-8,21,31H,2,6,9-14H2,1H3,(H2,27,32)/t21-/m0/s1. The number of pyridine rings is 1. The van der Waals surface area contributed by atoms with Crippen molar-refractivity contribution in [1.82, 2.24) is 9.88 Å². The molecule has 2 heterocycles. The Morgan fingerprint density at radius 3 is 2.52 bits per heavy atom. The first kappa shape index (κ1) is 24.5. The highest BCUT2D eigenvalue weighted by molar-refractivity contribution is 8.00. The molecule has 172 valence electrons. The minimum absolute atomic E-state index is 0.104. The number of aliphatic hydroxyl groups excluding tert-OH is 1. The second-order valence-corrected chi connectivity index (χ2v) is 8.86. The lowest BCUT2D eigenvalue weighted by atomic mass is 10.0. The second kappa shape index (κ2) is 11.7. The first-order valence-corrected chi connectivity index (χ1v) is 11.9. The smallest absolute Gasteiger partial charge is 0.235 e. The van der Waals surface area contributed by atoms with Crippen molar-refractivity contribution in [2.24, 2.45) is 5.73 Å². The summed E-state index contributed by atoms with van der Waals surface area (Å²) >= 11 is 1.15. The Kier molecular flexibility index (Phi) is 8.67. The number of hydrogen-bond acceptors (Lipinski definition) is 8. The van der Waals surface area contributed by atoms with E-state index in [1.165, 1.54) is 0 Å². The van der Waals surface area contributed by atoms with Crippen LogP contribution in [0.4, 0.5) is 5.82 Å². The van der Waals surface area contributed by atoms with Crippen molar-refractivity contribution in [2.75, 3.05) is 44.2 Å². The Hall–Kier alpha value is -3.11. The predicted octanol–water partition coefficient (Wildman–Crippen LogP) is 2.21. The molecule has 0 aliphatic carbocycles. The molecule has 8 nitrogen and oxygen atoms in total. The fourth-order valence-electron chi connectivity index (χ4n) is 4.08. The second-order valence-electron chi connectivity index (χ2n) is 7.76. The Labute approximate surface area is 198 Å². The minimum Gasteiger partial charge on any atom is -0.395 e. The lowest BCUT2D eigenvalue weighted by Gasteiger charge is -2.26. The van der Waals surface area contributed by atoms with Crippen molar-refractivity contribution in [3.05, 3.63) is 52.6 Å². The molecule has 1 aromatic heterocycles. The molecule has 1 saturated heterocycles. The van der Waals surface area contributed by atoms with E-state index in [1.807, 2.05) is 37.3 Å². The van der Waals surface area contributed by atoms with E-state index < -0.39 is 11.2 Å². The molecule has 0 bridgehead atoms. The third-order valence-electron chi connectivity index (χ3n) is 5.72. The van der Waals surface area contributed by atoms with Crippen molar-refractivity contribution in [3.63, 3.8) is 0 Å². The Balaban J connectivity index is 2.06. The fraction of sp³-hybridized carbons (Fsp3) is 0.417. The van der Waals surface area contributed by atoms with E-state index in [0.29, 0.717) is 53.6 Å². The van der Waals surface area contributed by atoms with Crippen LogP contribution < -0.4 is 10.6 Å². The zero-order valence-corrected chi connectivity index (χ0v) is 19.5. The van der Waals surface area contributed by atoms with E-state index in [-0.39, 0.29) is 6.61 Å². The lowest BCUT2D eigenvalue weighted by molar-refractivity contribution is -0.117. The molecule has 1 aliphatic heterocycles. The Morgan fingerprint density at radius 1 is 1.18 bits per heavy atom. The van der Waals surface area contributed by atoms with Gasteiger partial charge in [-0.2, -0.15) is 10.5 Å². The first-order valence-electron chi connectivity index (χ1n) is 11.0. The summed E-state index contributed by atoms with van der Waals surface area (Å²) in [4.78, 5) is 21.3. The molecule has 0 spiro atoms. The summed E-state index contributed by atoms with van der Waals surface area (Å²) in [5.74, 6) is 0.0215. The van der Waals surface area contributed by atoms with Crippen LogP contribution in [-0.4, -0.2) is 60.2 Å². The van der Waals surface area contributed by atoms with Crippen LogP contribution in [-0.2, 0) is 11.2 Å². The number of nitriles is 2. The van der Waals surface area contributed by atoms with Crippen LogP contribution in [0.1, 0.15) is 40.8 Å². The van der Waals surface area contributed by atoms with Crippen molar-refractivity contribution < 1.29 is 9.90 Å². The summed E-state index contributed by atoms with van der Waals surface area (Å²) < 4.78 is 0. The van der Waals surface area contributed by atoms with Gasteiger partial charge in [0.05, 0.1) is 17.7 Å². The van der Waals surface area contributed by atoms with Crippen LogP contribution >= 0.6 is 11.8 Å². The summed E-state index contributed by atoms with van der Waals surface area (Å²) in [6, 6.07) is 13.7. The number of benzene rings is 1. The predicted molar refractivity (Wildman–Crippen MR) is 128 cm³/mol. The summed E-state index contributed by atoms with van der Waals surface area (Å²) in [7, 11) is 0. The normalized spacial score (nSPS) is 15.3. The van der Waals surface area contributed by atoms with Gasteiger partial charge < -0.3 is 15.7 Å². The molecule has 3 N–H and O–H groups in total. The molecular formula is C24H28N6O2S. The van der Waals surface area contributed by atoms with E-state index in [4.69, 9.17) is 10.7 Å². The number of amides is 1. The lowest BCUT2D eigenvalue weighted by Crippen LogP contribution is -2.33. The van der Waals surface area contributed by atoms with Crippen LogP contribution in [0.3, 0.4) is 0 Å². The van der Waals surface area contributed by atoms with Crippen LogP contribution in [0.15, 0.2) is 35.4 Å². The number of aromatic nitrogens is 1. The van der Waals surface area contributed by atoms with Gasteiger partial charge in [-0.05, 0) is 30.5 Å². The quantitative estimate of drug-likeness (QED) is 0.569. The molecule has 3 rings (SSSR count). The van der Waals surface area contributed by atoms with Gasteiger partial charge in [-0.1, -0.05) is 49.0 Å². The number of primary amides is 1. The van der Waals surface area contributed by atoms with Crippen molar-refractivity contribution in [1.29, 1.82) is 10.5 Å². The summed E-state index contributed by atoms with van der Waals surface area (Å²) in [6.07, 6.45) is 1.36.